The maximum absolute atomic E-state index is 13.4. The minimum atomic E-state index is -3.78. The first-order valence-electron chi connectivity index (χ1n) is 6.54. The molecule has 0 bridgehead atoms. The number of hydrogen-bond donors (Lipinski definition) is 1. The van der Waals surface area contributed by atoms with E-state index in [1.165, 1.54) is 24.4 Å². The molecule has 0 aliphatic rings. The van der Waals surface area contributed by atoms with Crippen LogP contribution in [0.25, 0.3) is 0 Å². The Bertz CT molecular complexity index is 777. The van der Waals surface area contributed by atoms with Crippen molar-refractivity contribution in [3.8, 4) is 0 Å². The molecule has 0 fully saturated rings. The standard InChI is InChI=1S/C15H15FN2O3S/c1-11-5-6-12(8-13(11)16)9-18-14(19)10-22(20,21)15-4-2-3-7-17-15/h2-8H,9-10H2,1H3,(H,18,19). The smallest absolute Gasteiger partial charge is 0.235 e. The lowest BCUT2D eigenvalue weighted by molar-refractivity contribution is -0.118. The number of aromatic nitrogens is 1. The summed E-state index contributed by atoms with van der Waals surface area (Å²) < 4.78 is 37.3. The van der Waals surface area contributed by atoms with Crippen LogP contribution in [0.4, 0.5) is 4.39 Å². The monoisotopic (exact) mass is 322 g/mol. The van der Waals surface area contributed by atoms with Crippen molar-refractivity contribution in [3.63, 3.8) is 0 Å². The quantitative estimate of drug-likeness (QED) is 0.907. The zero-order valence-corrected chi connectivity index (χ0v) is 12.7. The van der Waals surface area contributed by atoms with Crippen LogP contribution in [-0.4, -0.2) is 25.1 Å². The average molecular weight is 322 g/mol. The van der Waals surface area contributed by atoms with Crippen LogP contribution in [0.5, 0.6) is 0 Å². The van der Waals surface area contributed by atoms with Gasteiger partial charge in [0.05, 0.1) is 0 Å². The molecule has 0 aliphatic carbocycles. The Morgan fingerprint density at radius 2 is 2.05 bits per heavy atom. The highest BCUT2D eigenvalue weighted by molar-refractivity contribution is 7.92. The molecule has 1 aromatic carbocycles. The van der Waals surface area contributed by atoms with Gasteiger partial charge in [-0.15, -0.1) is 0 Å². The number of rotatable bonds is 5. The van der Waals surface area contributed by atoms with E-state index < -0.39 is 21.5 Å². The summed E-state index contributed by atoms with van der Waals surface area (Å²) in [6.07, 6.45) is 1.35. The Kier molecular flexibility index (Phi) is 4.87. The summed E-state index contributed by atoms with van der Waals surface area (Å²) in [7, 11) is -3.78. The van der Waals surface area contributed by atoms with Crippen molar-refractivity contribution in [1.82, 2.24) is 10.3 Å². The van der Waals surface area contributed by atoms with Crippen LogP contribution in [0, 0.1) is 12.7 Å². The first-order chi connectivity index (χ1) is 10.4. The van der Waals surface area contributed by atoms with E-state index in [-0.39, 0.29) is 17.4 Å². The molecule has 0 saturated heterocycles. The molecule has 0 radical (unpaired) electrons. The number of benzene rings is 1. The van der Waals surface area contributed by atoms with Gasteiger partial charge in [0.15, 0.2) is 5.03 Å². The Balaban J connectivity index is 1.97. The minimum absolute atomic E-state index is 0.0633. The molecule has 7 heteroatoms. The van der Waals surface area contributed by atoms with Crippen LogP contribution >= 0.6 is 0 Å². The molecular formula is C15H15FN2O3S. The van der Waals surface area contributed by atoms with Gasteiger partial charge < -0.3 is 5.32 Å². The fraction of sp³-hybridized carbons (Fsp3) is 0.200. The van der Waals surface area contributed by atoms with Crippen molar-refractivity contribution in [2.24, 2.45) is 0 Å². The van der Waals surface area contributed by atoms with Crippen molar-refractivity contribution in [2.45, 2.75) is 18.5 Å². The number of nitrogens with zero attached hydrogens (tertiary/aromatic N) is 1. The summed E-state index contributed by atoms with van der Waals surface area (Å²) in [5.74, 6) is -1.72. The van der Waals surface area contributed by atoms with Crippen molar-refractivity contribution < 1.29 is 17.6 Å². The zero-order chi connectivity index (χ0) is 16.2. The number of carbonyl (C=O) groups excluding carboxylic acids is 1. The van der Waals surface area contributed by atoms with Gasteiger partial charge in [0, 0.05) is 12.7 Å². The second-order valence-electron chi connectivity index (χ2n) is 4.79. The zero-order valence-electron chi connectivity index (χ0n) is 11.9. The normalized spacial score (nSPS) is 11.2. The van der Waals surface area contributed by atoms with Gasteiger partial charge in [-0.05, 0) is 36.2 Å². The third-order valence-corrected chi connectivity index (χ3v) is 4.52. The molecule has 0 spiro atoms. The Morgan fingerprint density at radius 1 is 1.27 bits per heavy atom. The molecule has 0 unspecified atom stereocenters. The number of nitrogens with one attached hydrogen (secondary N) is 1. The highest BCUT2D eigenvalue weighted by atomic mass is 32.2. The Labute approximate surface area is 128 Å². The predicted molar refractivity (Wildman–Crippen MR) is 79.3 cm³/mol. The van der Waals surface area contributed by atoms with E-state index in [1.54, 1.807) is 25.1 Å². The van der Waals surface area contributed by atoms with Crippen molar-refractivity contribution in [3.05, 3.63) is 59.5 Å². The van der Waals surface area contributed by atoms with Gasteiger partial charge in [0.2, 0.25) is 15.7 Å². The summed E-state index contributed by atoms with van der Waals surface area (Å²) in [6, 6.07) is 9.03. The molecular weight excluding hydrogens is 307 g/mol. The van der Waals surface area contributed by atoms with E-state index in [0.717, 1.165) is 0 Å². The average Bonchev–Trinajstić information content (AvgIpc) is 2.49. The lowest BCUT2D eigenvalue weighted by atomic mass is 10.1. The number of halogens is 1. The van der Waals surface area contributed by atoms with E-state index in [0.29, 0.717) is 11.1 Å². The summed E-state index contributed by atoms with van der Waals surface area (Å²) in [6.45, 7) is 1.70. The number of sulfone groups is 1. The molecule has 0 saturated carbocycles. The molecule has 0 aliphatic heterocycles. The van der Waals surface area contributed by atoms with Gasteiger partial charge in [-0.25, -0.2) is 17.8 Å². The first-order valence-corrected chi connectivity index (χ1v) is 8.19. The molecule has 2 aromatic rings. The van der Waals surface area contributed by atoms with Crippen LogP contribution in [0.15, 0.2) is 47.6 Å². The highest BCUT2D eigenvalue weighted by Gasteiger charge is 2.20. The fourth-order valence-corrected chi connectivity index (χ4v) is 2.88. The molecule has 116 valence electrons. The molecule has 0 atom stereocenters. The highest BCUT2D eigenvalue weighted by Crippen LogP contribution is 2.09. The van der Waals surface area contributed by atoms with E-state index in [4.69, 9.17) is 0 Å². The van der Waals surface area contributed by atoms with Gasteiger partial charge in [0.1, 0.15) is 11.6 Å². The van der Waals surface area contributed by atoms with E-state index in [1.807, 2.05) is 0 Å². The maximum Gasteiger partial charge on any atom is 0.235 e. The summed E-state index contributed by atoms with van der Waals surface area (Å²) in [4.78, 5) is 15.5. The van der Waals surface area contributed by atoms with E-state index >= 15 is 0 Å². The van der Waals surface area contributed by atoms with Crippen LogP contribution in [0.3, 0.4) is 0 Å². The second kappa shape index (κ2) is 6.65. The molecule has 1 aromatic heterocycles. The van der Waals surface area contributed by atoms with Gasteiger partial charge in [0.25, 0.3) is 0 Å². The number of hydrogen-bond acceptors (Lipinski definition) is 4. The van der Waals surface area contributed by atoms with Crippen LogP contribution in [0.1, 0.15) is 11.1 Å². The summed E-state index contributed by atoms with van der Waals surface area (Å²) in [5.41, 5.74) is 1.07. The minimum Gasteiger partial charge on any atom is -0.351 e. The number of pyridine rings is 1. The van der Waals surface area contributed by atoms with Gasteiger partial charge >= 0.3 is 0 Å². The van der Waals surface area contributed by atoms with Crippen molar-refractivity contribution >= 4 is 15.7 Å². The lowest BCUT2D eigenvalue weighted by Gasteiger charge is -2.07. The number of carbonyl (C=O) groups is 1. The molecule has 1 heterocycles. The van der Waals surface area contributed by atoms with Gasteiger partial charge in [-0.2, -0.15) is 0 Å². The number of aryl methyl sites for hydroxylation is 1. The van der Waals surface area contributed by atoms with Gasteiger partial charge in [-0.1, -0.05) is 18.2 Å². The second-order valence-corrected chi connectivity index (χ2v) is 6.72. The molecule has 22 heavy (non-hydrogen) atoms. The van der Waals surface area contributed by atoms with Crippen LogP contribution in [0.2, 0.25) is 0 Å². The molecule has 5 nitrogen and oxygen atoms in total. The van der Waals surface area contributed by atoms with Gasteiger partial charge in [-0.3, -0.25) is 4.79 Å². The van der Waals surface area contributed by atoms with E-state index in [2.05, 4.69) is 10.3 Å². The third kappa shape index (κ3) is 4.11. The maximum atomic E-state index is 13.4. The van der Waals surface area contributed by atoms with Crippen LogP contribution in [-0.2, 0) is 21.2 Å². The SMILES string of the molecule is Cc1ccc(CNC(=O)CS(=O)(=O)c2ccccn2)cc1F. The van der Waals surface area contributed by atoms with Crippen molar-refractivity contribution in [1.29, 1.82) is 0 Å². The third-order valence-electron chi connectivity index (χ3n) is 3.00. The Hall–Kier alpha value is -2.28. The number of amides is 1. The topological polar surface area (TPSA) is 76.1 Å². The molecule has 1 amide bonds. The van der Waals surface area contributed by atoms with E-state index in [9.17, 15) is 17.6 Å². The molecule has 1 N–H and O–H groups in total. The predicted octanol–water partition coefficient (Wildman–Crippen LogP) is 1.62. The van der Waals surface area contributed by atoms with Crippen molar-refractivity contribution in [2.75, 3.05) is 5.75 Å². The largest absolute Gasteiger partial charge is 0.351 e. The fourth-order valence-electron chi connectivity index (χ4n) is 1.78. The lowest BCUT2D eigenvalue weighted by Crippen LogP contribution is -2.30. The molecule has 2 rings (SSSR count). The first kappa shape index (κ1) is 16.1. The summed E-state index contributed by atoms with van der Waals surface area (Å²) in [5, 5.41) is 2.31. The summed E-state index contributed by atoms with van der Waals surface area (Å²) >= 11 is 0. The van der Waals surface area contributed by atoms with Crippen LogP contribution < -0.4 is 5.32 Å². The Morgan fingerprint density at radius 3 is 2.68 bits per heavy atom.